The van der Waals surface area contributed by atoms with Gasteiger partial charge in [-0.2, -0.15) is 0 Å². The third-order valence-corrected chi connectivity index (χ3v) is 7.62. The van der Waals surface area contributed by atoms with Crippen molar-refractivity contribution in [3.8, 4) is 11.4 Å². The number of anilines is 1. The Bertz CT molecular complexity index is 1550. The molecule has 0 saturated heterocycles. The lowest BCUT2D eigenvalue weighted by Crippen LogP contribution is -2.24. The quantitative estimate of drug-likeness (QED) is 0.185. The summed E-state index contributed by atoms with van der Waals surface area (Å²) < 4.78 is 47.4. The molecule has 0 atom stereocenters. The van der Waals surface area contributed by atoms with Gasteiger partial charge >= 0.3 is 0 Å². The number of rotatable bonds is 7. The number of aromatic nitrogens is 2. The van der Waals surface area contributed by atoms with Gasteiger partial charge in [-0.25, -0.2) is 18.2 Å². The number of fused-ring (bicyclic) bond motifs is 1. The maximum Gasteiger partial charge on any atom is 0.267 e. The van der Waals surface area contributed by atoms with Crippen molar-refractivity contribution in [1.29, 1.82) is 0 Å². The van der Waals surface area contributed by atoms with Gasteiger partial charge in [-0.3, -0.25) is 14.2 Å². The summed E-state index contributed by atoms with van der Waals surface area (Å²) in [6, 6.07) is 6.93. The highest BCUT2D eigenvalue weighted by Gasteiger charge is 2.21. The molecule has 0 radical (unpaired) electrons. The van der Waals surface area contributed by atoms with Crippen molar-refractivity contribution in [3.05, 3.63) is 74.1 Å². The van der Waals surface area contributed by atoms with Gasteiger partial charge < -0.3 is 10.1 Å². The van der Waals surface area contributed by atoms with Crippen molar-refractivity contribution >= 4 is 44.9 Å². The molecule has 0 aliphatic carbocycles. The van der Waals surface area contributed by atoms with Gasteiger partial charge in [0.15, 0.2) is 22.6 Å². The van der Waals surface area contributed by atoms with Gasteiger partial charge in [-0.15, -0.1) is 11.3 Å². The van der Waals surface area contributed by atoms with Crippen LogP contribution in [0.4, 0.5) is 18.9 Å². The number of hydrogen-bond donors (Lipinski definition) is 1. The first kappa shape index (κ1) is 25.8. The zero-order valence-corrected chi connectivity index (χ0v) is 21.5. The molecule has 4 aromatic rings. The second-order valence-corrected chi connectivity index (χ2v) is 10.1. The third-order valence-electron chi connectivity index (χ3n) is 5.64. The number of benzene rings is 2. The summed E-state index contributed by atoms with van der Waals surface area (Å²) in [6.45, 7) is 5.74. The van der Waals surface area contributed by atoms with Crippen molar-refractivity contribution in [3.63, 3.8) is 0 Å². The fraction of sp³-hybridized carbons (Fsp3) is 0.240. The molecule has 2 aromatic carbocycles. The van der Waals surface area contributed by atoms with Gasteiger partial charge in [-0.1, -0.05) is 18.7 Å². The number of carbonyl (C=O) groups is 1. The van der Waals surface area contributed by atoms with E-state index in [0.29, 0.717) is 28.1 Å². The summed E-state index contributed by atoms with van der Waals surface area (Å²) >= 11 is 2.38. The van der Waals surface area contributed by atoms with Gasteiger partial charge in [0.1, 0.15) is 10.6 Å². The number of amides is 1. The maximum atomic E-state index is 14.0. The second-order valence-electron chi connectivity index (χ2n) is 7.92. The topological polar surface area (TPSA) is 73.2 Å². The first-order valence-electron chi connectivity index (χ1n) is 10.9. The first-order chi connectivity index (χ1) is 17.2. The van der Waals surface area contributed by atoms with Crippen molar-refractivity contribution in [1.82, 2.24) is 9.55 Å². The number of methoxy groups -OCH3 is 1. The van der Waals surface area contributed by atoms with E-state index >= 15 is 0 Å². The van der Waals surface area contributed by atoms with Crippen LogP contribution in [0.15, 0.2) is 40.3 Å². The summed E-state index contributed by atoms with van der Waals surface area (Å²) in [5.41, 5.74) is 1.53. The van der Waals surface area contributed by atoms with E-state index in [1.807, 2.05) is 20.8 Å². The van der Waals surface area contributed by atoms with E-state index in [4.69, 9.17) is 9.72 Å². The van der Waals surface area contributed by atoms with Gasteiger partial charge in [0.2, 0.25) is 5.91 Å². The number of carbonyl (C=O) groups excluding carboxylic acids is 1. The summed E-state index contributed by atoms with van der Waals surface area (Å²) in [5, 5.41) is 3.04. The normalized spacial score (nSPS) is 11.2. The molecular weight excluding hydrogens is 511 g/mol. The number of halogens is 3. The zero-order valence-electron chi connectivity index (χ0n) is 19.9. The van der Waals surface area contributed by atoms with Crippen molar-refractivity contribution in [2.45, 2.75) is 32.3 Å². The highest BCUT2D eigenvalue weighted by Crippen LogP contribution is 2.32. The summed E-state index contributed by atoms with van der Waals surface area (Å²) in [5.74, 6) is -4.81. The minimum Gasteiger partial charge on any atom is -0.497 e. The largest absolute Gasteiger partial charge is 0.497 e. The van der Waals surface area contributed by atoms with E-state index in [2.05, 4.69) is 5.32 Å². The number of nitrogens with zero attached hydrogens (tertiary/aromatic N) is 2. The van der Waals surface area contributed by atoms with E-state index in [-0.39, 0.29) is 16.5 Å². The standard InChI is InChI=1S/C25H22F3N3O3S2/c1-5-15-13(3)36-23-20(15)24(33)31(18-9-6-14(34-4)10-12(18)2)25(30-23)35-11-19(32)29-17-8-7-16(26)21(27)22(17)28/h6-10H,5,11H2,1-4H3,(H,29,32). The van der Waals surface area contributed by atoms with Gasteiger partial charge in [0.25, 0.3) is 5.56 Å². The summed E-state index contributed by atoms with van der Waals surface area (Å²) in [6.07, 6.45) is 0.666. The average Bonchev–Trinajstić information content (AvgIpc) is 3.18. The first-order valence-corrected chi connectivity index (χ1v) is 12.7. The molecule has 2 heterocycles. The Kier molecular flexibility index (Phi) is 7.41. The molecule has 11 heteroatoms. The molecule has 1 N–H and O–H groups in total. The van der Waals surface area contributed by atoms with E-state index in [1.165, 1.54) is 15.9 Å². The van der Waals surface area contributed by atoms with Crippen LogP contribution in [0, 0.1) is 31.3 Å². The molecule has 0 bridgehead atoms. The minimum absolute atomic E-state index is 0.253. The lowest BCUT2D eigenvalue weighted by atomic mass is 10.1. The Balaban J connectivity index is 1.75. The van der Waals surface area contributed by atoms with Crippen LogP contribution < -0.4 is 15.6 Å². The smallest absolute Gasteiger partial charge is 0.267 e. The van der Waals surface area contributed by atoms with Crippen LogP contribution >= 0.6 is 23.1 Å². The molecule has 4 rings (SSSR count). The molecule has 0 unspecified atom stereocenters. The lowest BCUT2D eigenvalue weighted by molar-refractivity contribution is -0.113. The fourth-order valence-electron chi connectivity index (χ4n) is 3.88. The molecule has 6 nitrogen and oxygen atoms in total. The van der Waals surface area contributed by atoms with Crippen LogP contribution in [0.2, 0.25) is 0 Å². The van der Waals surface area contributed by atoms with Gasteiger partial charge in [0.05, 0.1) is 29.6 Å². The maximum absolute atomic E-state index is 14.0. The molecule has 0 aliphatic rings. The molecule has 36 heavy (non-hydrogen) atoms. The Labute approximate surface area is 213 Å². The highest BCUT2D eigenvalue weighted by atomic mass is 32.2. The SMILES string of the molecule is CCc1c(C)sc2nc(SCC(=O)Nc3ccc(F)c(F)c3F)n(-c3ccc(OC)cc3C)c(=O)c12. The van der Waals surface area contributed by atoms with Crippen molar-refractivity contribution in [2.24, 2.45) is 0 Å². The Morgan fingerprint density at radius 2 is 1.92 bits per heavy atom. The molecule has 1 amide bonds. The van der Waals surface area contributed by atoms with Crippen molar-refractivity contribution < 1.29 is 22.7 Å². The summed E-state index contributed by atoms with van der Waals surface area (Å²) in [7, 11) is 1.55. The molecular formula is C25H22F3N3O3S2. The number of thiophene rings is 1. The Morgan fingerprint density at radius 3 is 2.58 bits per heavy atom. The average molecular weight is 534 g/mol. The van der Waals surface area contributed by atoms with Crippen LogP contribution in [0.25, 0.3) is 15.9 Å². The van der Waals surface area contributed by atoms with Gasteiger partial charge in [-0.05, 0) is 61.7 Å². The molecule has 2 aromatic heterocycles. The number of aryl methyl sites for hydroxylation is 3. The van der Waals surface area contributed by atoms with E-state index < -0.39 is 29.0 Å². The Hall–Kier alpha value is -3.31. The fourth-order valence-corrected chi connectivity index (χ4v) is 5.84. The second kappa shape index (κ2) is 10.4. The van der Waals surface area contributed by atoms with E-state index in [0.717, 1.165) is 39.9 Å². The number of thioether (sulfide) groups is 1. The van der Waals surface area contributed by atoms with E-state index in [1.54, 1.807) is 25.3 Å². The minimum atomic E-state index is -1.67. The summed E-state index contributed by atoms with van der Waals surface area (Å²) in [4.78, 5) is 32.5. The molecule has 0 spiro atoms. The Morgan fingerprint density at radius 1 is 1.17 bits per heavy atom. The number of hydrogen-bond acceptors (Lipinski definition) is 6. The number of ether oxygens (including phenoxy) is 1. The van der Waals surface area contributed by atoms with Crippen LogP contribution in [0.1, 0.15) is 22.9 Å². The van der Waals surface area contributed by atoms with Crippen LogP contribution in [0.3, 0.4) is 0 Å². The highest BCUT2D eigenvalue weighted by molar-refractivity contribution is 7.99. The number of nitrogens with one attached hydrogen (secondary N) is 1. The predicted molar refractivity (Wildman–Crippen MR) is 136 cm³/mol. The third kappa shape index (κ3) is 4.72. The molecule has 0 saturated carbocycles. The lowest BCUT2D eigenvalue weighted by Gasteiger charge is -2.15. The monoisotopic (exact) mass is 533 g/mol. The predicted octanol–water partition coefficient (Wildman–Crippen LogP) is 5.78. The molecule has 188 valence electrons. The van der Waals surface area contributed by atoms with Crippen LogP contribution in [-0.4, -0.2) is 28.3 Å². The van der Waals surface area contributed by atoms with E-state index in [9.17, 15) is 22.8 Å². The van der Waals surface area contributed by atoms with Crippen LogP contribution in [-0.2, 0) is 11.2 Å². The molecule has 0 fully saturated rings. The zero-order chi connectivity index (χ0) is 26.1. The molecule has 0 aliphatic heterocycles. The van der Waals surface area contributed by atoms with Crippen LogP contribution in [0.5, 0.6) is 5.75 Å². The van der Waals surface area contributed by atoms with Gasteiger partial charge in [0, 0.05) is 4.88 Å². The van der Waals surface area contributed by atoms with Crippen molar-refractivity contribution in [2.75, 3.05) is 18.2 Å².